The van der Waals surface area contributed by atoms with E-state index in [1.54, 1.807) is 12.3 Å². The normalized spacial score (nSPS) is 12.6. The van der Waals surface area contributed by atoms with Gasteiger partial charge in [0.05, 0.1) is 11.1 Å². The number of hydrogen-bond acceptors (Lipinski definition) is 4. The van der Waals surface area contributed by atoms with Crippen LogP contribution in [0.5, 0.6) is 5.75 Å². The summed E-state index contributed by atoms with van der Waals surface area (Å²) in [6.07, 6.45) is 1.62. The van der Waals surface area contributed by atoms with Crippen molar-refractivity contribution in [2.75, 3.05) is 0 Å². The Morgan fingerprint density at radius 1 is 1.12 bits per heavy atom. The van der Waals surface area contributed by atoms with E-state index in [0.29, 0.717) is 10.6 Å². The van der Waals surface area contributed by atoms with E-state index in [2.05, 4.69) is 52.1 Å². The van der Waals surface area contributed by atoms with E-state index in [4.69, 9.17) is 0 Å². The van der Waals surface area contributed by atoms with Gasteiger partial charge in [0.15, 0.2) is 0 Å². The number of nitrogens with one attached hydrogen (secondary N) is 1. The highest BCUT2D eigenvalue weighted by Gasteiger charge is 2.26. The molecule has 0 aliphatic carbocycles. The molecule has 5 heteroatoms. The third kappa shape index (κ3) is 4.69. The lowest BCUT2D eigenvalue weighted by atomic mass is 9.78. The molecule has 0 radical (unpaired) electrons. The van der Waals surface area contributed by atoms with Crippen molar-refractivity contribution in [3.63, 3.8) is 0 Å². The van der Waals surface area contributed by atoms with Crippen LogP contribution in [0.3, 0.4) is 0 Å². The maximum atomic E-state index is 11.9. The zero-order valence-corrected chi connectivity index (χ0v) is 16.5. The van der Waals surface area contributed by atoms with Crippen molar-refractivity contribution in [2.45, 2.75) is 52.4 Å². The monoisotopic (exact) mass is 358 g/mol. The first-order valence-electron chi connectivity index (χ1n) is 8.25. The maximum absolute atomic E-state index is 11.9. The largest absolute Gasteiger partial charge is 0.507 e. The molecule has 1 heterocycles. The number of phenolic OH excluding ortho intramolecular Hbond substituents is 1. The number of amides is 1. The lowest BCUT2D eigenvalue weighted by Gasteiger charge is -2.27. The van der Waals surface area contributed by atoms with Crippen LogP contribution in [0.1, 0.15) is 67.9 Å². The Morgan fingerprint density at radius 3 is 2.12 bits per heavy atom. The molecule has 4 nitrogen and oxygen atoms in total. The van der Waals surface area contributed by atoms with E-state index in [-0.39, 0.29) is 16.7 Å². The van der Waals surface area contributed by atoms with Gasteiger partial charge in [-0.2, -0.15) is 5.10 Å². The summed E-state index contributed by atoms with van der Waals surface area (Å²) in [7, 11) is 0. The molecule has 134 valence electrons. The molecule has 0 aliphatic rings. The van der Waals surface area contributed by atoms with E-state index in [1.807, 2.05) is 23.6 Å². The summed E-state index contributed by atoms with van der Waals surface area (Å²) in [6.45, 7) is 12.4. The highest BCUT2D eigenvalue weighted by molar-refractivity contribution is 7.12. The fourth-order valence-electron chi connectivity index (χ4n) is 2.50. The van der Waals surface area contributed by atoms with Gasteiger partial charge in [-0.15, -0.1) is 11.3 Å². The third-order valence-electron chi connectivity index (χ3n) is 3.87. The first-order chi connectivity index (χ1) is 11.5. The molecular formula is C20H26N2O2S. The van der Waals surface area contributed by atoms with Gasteiger partial charge >= 0.3 is 0 Å². The van der Waals surface area contributed by atoms with E-state index in [0.717, 1.165) is 16.7 Å². The molecule has 2 N–H and O–H groups in total. The van der Waals surface area contributed by atoms with Gasteiger partial charge in [0, 0.05) is 11.1 Å². The molecule has 0 saturated heterocycles. The van der Waals surface area contributed by atoms with Crippen LogP contribution in [0.2, 0.25) is 0 Å². The Balaban J connectivity index is 2.34. The van der Waals surface area contributed by atoms with Crippen LogP contribution in [0.4, 0.5) is 0 Å². The Morgan fingerprint density at radius 2 is 1.68 bits per heavy atom. The van der Waals surface area contributed by atoms with Crippen LogP contribution < -0.4 is 5.43 Å². The van der Waals surface area contributed by atoms with Crippen molar-refractivity contribution in [3.8, 4) is 5.75 Å². The van der Waals surface area contributed by atoms with Crippen molar-refractivity contribution in [1.82, 2.24) is 5.43 Å². The zero-order chi connectivity index (χ0) is 18.8. The number of benzene rings is 1. The molecular weight excluding hydrogens is 332 g/mol. The molecule has 1 aromatic heterocycles. The minimum absolute atomic E-state index is 0.200. The molecule has 1 aromatic carbocycles. The summed E-state index contributed by atoms with van der Waals surface area (Å²) in [5, 5.41) is 16.6. The standard InChI is InChI=1S/C20H26N2O2S/c1-19(2,3)14-10-13(11-15(17(14)23)20(4,5)6)12-21-22-18(24)16-8-7-9-25-16/h7-12,23H,1-6H3,(H,22,24)/b21-12+. The second kappa shape index (κ2) is 7.00. The predicted octanol–water partition coefficient (Wildman–Crippen LogP) is 4.81. The average Bonchev–Trinajstić information content (AvgIpc) is 3.00. The fourth-order valence-corrected chi connectivity index (χ4v) is 3.12. The average molecular weight is 359 g/mol. The van der Waals surface area contributed by atoms with Crippen molar-refractivity contribution in [2.24, 2.45) is 5.10 Å². The Labute approximate surface area is 153 Å². The first kappa shape index (κ1) is 19.2. The topological polar surface area (TPSA) is 61.7 Å². The van der Waals surface area contributed by atoms with Gasteiger partial charge in [-0.25, -0.2) is 5.43 Å². The van der Waals surface area contributed by atoms with Crippen molar-refractivity contribution in [1.29, 1.82) is 0 Å². The minimum atomic E-state index is -0.225. The second-order valence-corrected chi connectivity index (χ2v) is 9.09. The number of thiophene rings is 1. The third-order valence-corrected chi connectivity index (χ3v) is 4.74. The fraction of sp³-hybridized carbons (Fsp3) is 0.400. The van der Waals surface area contributed by atoms with E-state index in [9.17, 15) is 9.90 Å². The Bertz CT molecular complexity index is 744. The quantitative estimate of drug-likeness (QED) is 0.611. The molecule has 0 aliphatic heterocycles. The number of hydrogen-bond donors (Lipinski definition) is 2. The zero-order valence-electron chi connectivity index (χ0n) is 15.7. The first-order valence-corrected chi connectivity index (χ1v) is 9.13. The van der Waals surface area contributed by atoms with Crippen LogP contribution in [0, 0.1) is 0 Å². The molecule has 2 rings (SSSR count). The SMILES string of the molecule is CC(C)(C)c1cc(/C=N/NC(=O)c2cccs2)cc(C(C)(C)C)c1O. The summed E-state index contributed by atoms with van der Waals surface area (Å²) < 4.78 is 0. The summed E-state index contributed by atoms with van der Waals surface area (Å²) in [6, 6.07) is 7.43. The van der Waals surface area contributed by atoms with Crippen LogP contribution in [-0.2, 0) is 10.8 Å². The molecule has 0 atom stereocenters. The van der Waals surface area contributed by atoms with Crippen LogP contribution in [0.25, 0.3) is 0 Å². The number of phenols is 1. The summed E-state index contributed by atoms with van der Waals surface area (Å²) in [4.78, 5) is 12.6. The number of carbonyl (C=O) groups excluding carboxylic acids is 1. The Kier molecular flexibility index (Phi) is 5.37. The van der Waals surface area contributed by atoms with Gasteiger partial charge in [0.1, 0.15) is 5.75 Å². The number of nitrogens with zero attached hydrogens (tertiary/aromatic N) is 1. The maximum Gasteiger partial charge on any atom is 0.281 e. The molecule has 0 bridgehead atoms. The number of carbonyl (C=O) groups is 1. The molecule has 1 amide bonds. The lowest BCUT2D eigenvalue weighted by Crippen LogP contribution is -2.18. The Hall–Kier alpha value is -2.14. The summed E-state index contributed by atoms with van der Waals surface area (Å²) in [5.41, 5.74) is 4.72. The molecule has 0 fully saturated rings. The van der Waals surface area contributed by atoms with Gasteiger partial charge < -0.3 is 5.11 Å². The van der Waals surface area contributed by atoms with Gasteiger partial charge in [-0.3, -0.25) is 4.79 Å². The molecule has 25 heavy (non-hydrogen) atoms. The highest BCUT2D eigenvalue weighted by Crippen LogP contribution is 2.39. The number of rotatable bonds is 3. The van der Waals surface area contributed by atoms with Gasteiger partial charge in [0.2, 0.25) is 0 Å². The van der Waals surface area contributed by atoms with Crippen LogP contribution in [-0.4, -0.2) is 17.2 Å². The van der Waals surface area contributed by atoms with Crippen LogP contribution >= 0.6 is 11.3 Å². The second-order valence-electron chi connectivity index (χ2n) is 8.14. The van der Waals surface area contributed by atoms with Gasteiger partial charge in [-0.05, 0) is 40.0 Å². The smallest absolute Gasteiger partial charge is 0.281 e. The van der Waals surface area contributed by atoms with Gasteiger partial charge in [0.25, 0.3) is 5.91 Å². The van der Waals surface area contributed by atoms with E-state index >= 15 is 0 Å². The van der Waals surface area contributed by atoms with Crippen molar-refractivity contribution in [3.05, 3.63) is 51.2 Å². The highest BCUT2D eigenvalue weighted by atomic mass is 32.1. The number of aromatic hydroxyl groups is 1. The van der Waals surface area contributed by atoms with Crippen molar-refractivity contribution >= 4 is 23.5 Å². The molecule has 2 aromatic rings. The van der Waals surface area contributed by atoms with Crippen molar-refractivity contribution < 1.29 is 9.90 Å². The molecule has 0 spiro atoms. The summed E-state index contributed by atoms with van der Waals surface area (Å²) >= 11 is 1.37. The molecule has 0 unspecified atom stereocenters. The van der Waals surface area contributed by atoms with E-state index in [1.165, 1.54) is 11.3 Å². The minimum Gasteiger partial charge on any atom is -0.507 e. The number of hydrazone groups is 1. The molecule has 0 saturated carbocycles. The van der Waals surface area contributed by atoms with E-state index < -0.39 is 0 Å². The van der Waals surface area contributed by atoms with Crippen LogP contribution in [0.15, 0.2) is 34.7 Å². The van der Waals surface area contributed by atoms with Gasteiger partial charge in [-0.1, -0.05) is 47.6 Å². The lowest BCUT2D eigenvalue weighted by molar-refractivity contribution is 0.0959. The predicted molar refractivity (Wildman–Crippen MR) is 105 cm³/mol. The summed E-state index contributed by atoms with van der Waals surface area (Å²) in [5.74, 6) is 0.108.